The zero-order valence-electron chi connectivity index (χ0n) is 13.8. The highest BCUT2D eigenvalue weighted by molar-refractivity contribution is 5.96. The number of alkyl halides is 3. The van der Waals surface area contributed by atoms with E-state index in [1.165, 1.54) is 26.4 Å². The number of rotatable bonds is 3. The lowest BCUT2D eigenvalue weighted by Gasteiger charge is -2.10. The van der Waals surface area contributed by atoms with Crippen LogP contribution in [0.4, 0.5) is 13.2 Å². The Morgan fingerprint density at radius 1 is 1.04 bits per heavy atom. The Morgan fingerprint density at radius 3 is 2.38 bits per heavy atom. The number of halogens is 3. The number of methoxy groups -OCH3 is 2. The SMILES string of the molecule is COC(=O)c1ccc2c(OC)cc(-c3ccc(C(F)(F)F)cn3)nc2c1. The lowest BCUT2D eigenvalue weighted by molar-refractivity contribution is -0.137. The third-order valence-electron chi connectivity index (χ3n) is 3.77. The van der Waals surface area contributed by atoms with Crippen molar-refractivity contribution in [2.24, 2.45) is 0 Å². The largest absolute Gasteiger partial charge is 0.496 e. The van der Waals surface area contributed by atoms with E-state index in [9.17, 15) is 18.0 Å². The Morgan fingerprint density at radius 2 is 1.81 bits per heavy atom. The van der Waals surface area contributed by atoms with E-state index in [0.717, 1.165) is 12.3 Å². The second-order valence-electron chi connectivity index (χ2n) is 5.36. The molecule has 8 heteroatoms. The van der Waals surface area contributed by atoms with E-state index < -0.39 is 17.7 Å². The lowest BCUT2D eigenvalue weighted by Crippen LogP contribution is -2.05. The Kier molecular flexibility index (Phi) is 4.50. The molecule has 134 valence electrons. The maximum absolute atomic E-state index is 12.7. The number of ether oxygens (including phenoxy) is 2. The molecule has 1 aromatic carbocycles. The molecule has 0 N–H and O–H groups in total. The van der Waals surface area contributed by atoms with Gasteiger partial charge in [-0.2, -0.15) is 13.2 Å². The molecule has 0 aliphatic heterocycles. The van der Waals surface area contributed by atoms with Gasteiger partial charge in [0, 0.05) is 17.6 Å². The number of pyridine rings is 2. The van der Waals surface area contributed by atoms with Gasteiger partial charge in [-0.3, -0.25) is 4.98 Å². The quantitative estimate of drug-likeness (QED) is 0.656. The van der Waals surface area contributed by atoms with E-state index >= 15 is 0 Å². The molecule has 0 aliphatic carbocycles. The number of carbonyl (C=O) groups excluding carboxylic acids is 1. The van der Waals surface area contributed by atoms with Crippen LogP contribution in [0.15, 0.2) is 42.6 Å². The Hall–Kier alpha value is -3.16. The molecule has 0 unspecified atom stereocenters. The number of nitrogens with zero attached hydrogens (tertiary/aromatic N) is 2. The van der Waals surface area contributed by atoms with Gasteiger partial charge < -0.3 is 9.47 Å². The zero-order chi connectivity index (χ0) is 18.9. The summed E-state index contributed by atoms with van der Waals surface area (Å²) in [5, 5.41) is 0.649. The Labute approximate surface area is 146 Å². The number of aromatic nitrogens is 2. The molecule has 0 spiro atoms. The van der Waals surface area contributed by atoms with Crippen LogP contribution in [0.1, 0.15) is 15.9 Å². The first-order chi connectivity index (χ1) is 12.3. The highest BCUT2D eigenvalue weighted by Gasteiger charge is 2.30. The number of fused-ring (bicyclic) bond motifs is 1. The number of hydrogen-bond donors (Lipinski definition) is 0. The van der Waals surface area contributed by atoms with Gasteiger partial charge in [0.25, 0.3) is 0 Å². The van der Waals surface area contributed by atoms with Gasteiger partial charge in [-0.25, -0.2) is 9.78 Å². The smallest absolute Gasteiger partial charge is 0.417 e. The predicted molar refractivity (Wildman–Crippen MR) is 87.9 cm³/mol. The minimum Gasteiger partial charge on any atom is -0.496 e. The van der Waals surface area contributed by atoms with Gasteiger partial charge >= 0.3 is 12.1 Å². The third-order valence-corrected chi connectivity index (χ3v) is 3.77. The van der Waals surface area contributed by atoms with Crippen LogP contribution in [0, 0.1) is 0 Å². The van der Waals surface area contributed by atoms with E-state index in [-0.39, 0.29) is 5.69 Å². The lowest BCUT2D eigenvalue weighted by atomic mass is 10.1. The van der Waals surface area contributed by atoms with Crippen molar-refractivity contribution in [3.05, 3.63) is 53.7 Å². The van der Waals surface area contributed by atoms with Gasteiger partial charge in [0.2, 0.25) is 0 Å². The molecule has 3 rings (SSSR count). The second kappa shape index (κ2) is 6.62. The van der Waals surface area contributed by atoms with Crippen LogP contribution in [0.25, 0.3) is 22.3 Å². The fourth-order valence-corrected chi connectivity index (χ4v) is 2.45. The van der Waals surface area contributed by atoms with E-state index in [2.05, 4.69) is 14.7 Å². The summed E-state index contributed by atoms with van der Waals surface area (Å²) in [5.41, 5.74) is 0.463. The molecule has 0 fully saturated rings. The van der Waals surface area contributed by atoms with Crippen molar-refractivity contribution in [2.45, 2.75) is 6.18 Å². The molecule has 26 heavy (non-hydrogen) atoms. The Balaban J connectivity index is 2.12. The van der Waals surface area contributed by atoms with Crippen LogP contribution in [-0.2, 0) is 10.9 Å². The first-order valence-electron chi connectivity index (χ1n) is 7.44. The van der Waals surface area contributed by atoms with Gasteiger partial charge in [0.15, 0.2) is 0 Å². The van der Waals surface area contributed by atoms with Crippen molar-refractivity contribution < 1.29 is 27.4 Å². The number of hydrogen-bond acceptors (Lipinski definition) is 5. The van der Waals surface area contributed by atoms with Gasteiger partial charge in [0.1, 0.15) is 5.75 Å². The van der Waals surface area contributed by atoms with Gasteiger partial charge in [0.05, 0.1) is 42.3 Å². The van der Waals surface area contributed by atoms with Gasteiger partial charge in [-0.1, -0.05) is 0 Å². The molecular weight excluding hydrogens is 349 g/mol. The summed E-state index contributed by atoms with van der Waals surface area (Å²) in [6, 6.07) is 8.52. The minimum atomic E-state index is -4.46. The van der Waals surface area contributed by atoms with Crippen LogP contribution in [0.3, 0.4) is 0 Å². The number of esters is 1. The van der Waals surface area contributed by atoms with Crippen LogP contribution in [0.2, 0.25) is 0 Å². The molecule has 0 saturated heterocycles. The third kappa shape index (κ3) is 3.30. The summed E-state index contributed by atoms with van der Waals surface area (Å²) in [7, 11) is 2.73. The first-order valence-corrected chi connectivity index (χ1v) is 7.44. The molecule has 3 aromatic rings. The maximum Gasteiger partial charge on any atom is 0.417 e. The number of benzene rings is 1. The van der Waals surface area contributed by atoms with Crippen molar-refractivity contribution >= 4 is 16.9 Å². The molecule has 2 aromatic heterocycles. The first kappa shape index (κ1) is 17.7. The van der Waals surface area contributed by atoms with E-state index in [1.807, 2.05) is 0 Å². The summed E-state index contributed by atoms with van der Waals surface area (Å²) in [6.45, 7) is 0. The molecule has 0 aliphatic rings. The van der Waals surface area contributed by atoms with Gasteiger partial charge in [-0.05, 0) is 30.3 Å². The van der Waals surface area contributed by atoms with Crippen LogP contribution in [-0.4, -0.2) is 30.2 Å². The zero-order valence-corrected chi connectivity index (χ0v) is 13.8. The monoisotopic (exact) mass is 362 g/mol. The topological polar surface area (TPSA) is 61.3 Å². The summed E-state index contributed by atoms with van der Waals surface area (Å²) in [4.78, 5) is 19.9. The fourth-order valence-electron chi connectivity index (χ4n) is 2.45. The minimum absolute atomic E-state index is 0.252. The molecule has 0 atom stereocenters. The predicted octanol–water partition coefficient (Wildman–Crippen LogP) is 4.11. The van der Waals surface area contributed by atoms with Crippen molar-refractivity contribution in [3.63, 3.8) is 0 Å². The highest BCUT2D eigenvalue weighted by Crippen LogP contribution is 2.32. The molecule has 0 radical (unpaired) electrons. The summed E-state index contributed by atoms with van der Waals surface area (Å²) in [5.74, 6) is -0.0613. The highest BCUT2D eigenvalue weighted by atomic mass is 19.4. The van der Waals surface area contributed by atoms with Crippen LogP contribution in [0.5, 0.6) is 5.75 Å². The van der Waals surface area contributed by atoms with Crippen LogP contribution >= 0.6 is 0 Å². The maximum atomic E-state index is 12.7. The number of carbonyl (C=O) groups is 1. The fraction of sp³-hybridized carbons (Fsp3) is 0.167. The summed E-state index contributed by atoms with van der Waals surface area (Å²) in [6.07, 6.45) is -3.71. The molecule has 2 heterocycles. The molecule has 0 bridgehead atoms. The molecule has 0 amide bonds. The van der Waals surface area contributed by atoms with Crippen molar-refractivity contribution in [1.82, 2.24) is 9.97 Å². The van der Waals surface area contributed by atoms with Gasteiger partial charge in [-0.15, -0.1) is 0 Å². The standard InChI is InChI=1S/C18H13F3N2O3/c1-25-16-8-15(13-6-4-11(9-22-13)18(19,20)21)23-14-7-10(17(24)26-2)3-5-12(14)16/h3-9H,1-2H3. The summed E-state index contributed by atoms with van der Waals surface area (Å²) < 4.78 is 48.1. The van der Waals surface area contributed by atoms with Crippen molar-refractivity contribution in [1.29, 1.82) is 0 Å². The van der Waals surface area contributed by atoms with E-state index in [0.29, 0.717) is 27.9 Å². The normalized spacial score (nSPS) is 11.4. The second-order valence-corrected chi connectivity index (χ2v) is 5.36. The molecule has 0 saturated carbocycles. The van der Waals surface area contributed by atoms with E-state index in [4.69, 9.17) is 4.74 Å². The Bertz CT molecular complexity index is 970. The average Bonchev–Trinajstić information content (AvgIpc) is 2.65. The van der Waals surface area contributed by atoms with Crippen molar-refractivity contribution in [2.75, 3.05) is 14.2 Å². The average molecular weight is 362 g/mol. The summed E-state index contributed by atoms with van der Waals surface area (Å²) >= 11 is 0. The molecule has 5 nitrogen and oxygen atoms in total. The van der Waals surface area contributed by atoms with Crippen LogP contribution < -0.4 is 4.74 Å². The van der Waals surface area contributed by atoms with Crippen molar-refractivity contribution in [3.8, 4) is 17.1 Å². The molecular formula is C18H13F3N2O3. The van der Waals surface area contributed by atoms with E-state index in [1.54, 1.807) is 18.2 Å².